The first-order chi connectivity index (χ1) is 17.6. The van der Waals surface area contributed by atoms with Gasteiger partial charge in [-0.3, -0.25) is 9.58 Å². The SMILES string of the molecule is CC1=C(C(=O)OCCn2cccn2)C(c2ccc(C#N)cc2)N(C)C(=O)N1c1cccc(C(F)(F)F)c1. The first-order valence-corrected chi connectivity index (χ1v) is 11.2. The third-order valence-electron chi connectivity index (χ3n) is 6.00. The van der Waals surface area contributed by atoms with Gasteiger partial charge in [0.15, 0.2) is 0 Å². The number of hydrogen-bond donors (Lipinski definition) is 0. The molecule has 2 heterocycles. The maximum atomic E-state index is 13.5. The molecule has 0 saturated carbocycles. The van der Waals surface area contributed by atoms with E-state index < -0.39 is 29.8 Å². The lowest BCUT2D eigenvalue weighted by molar-refractivity contribution is -0.140. The van der Waals surface area contributed by atoms with Crippen LogP contribution in [0.2, 0.25) is 0 Å². The molecule has 0 saturated heterocycles. The number of ether oxygens (including phenoxy) is 1. The quantitative estimate of drug-likeness (QED) is 0.441. The average molecular weight is 509 g/mol. The first kappa shape index (κ1) is 25.5. The molecule has 11 heteroatoms. The summed E-state index contributed by atoms with van der Waals surface area (Å²) in [5, 5.41) is 13.2. The summed E-state index contributed by atoms with van der Waals surface area (Å²) in [5.74, 6) is -0.727. The lowest BCUT2D eigenvalue weighted by atomic mass is 9.92. The molecule has 1 unspecified atom stereocenters. The van der Waals surface area contributed by atoms with Gasteiger partial charge in [-0.15, -0.1) is 0 Å². The Bertz CT molecular complexity index is 1380. The van der Waals surface area contributed by atoms with E-state index in [0.717, 1.165) is 17.0 Å². The highest BCUT2D eigenvalue weighted by molar-refractivity contribution is 6.03. The van der Waals surface area contributed by atoms with Crippen molar-refractivity contribution in [2.24, 2.45) is 0 Å². The van der Waals surface area contributed by atoms with Crippen LogP contribution >= 0.6 is 0 Å². The molecule has 1 aliphatic heterocycles. The highest BCUT2D eigenvalue weighted by Gasteiger charge is 2.42. The number of amides is 2. The number of hydrogen-bond acceptors (Lipinski definition) is 5. The number of benzene rings is 2. The van der Waals surface area contributed by atoms with Crippen LogP contribution in [-0.2, 0) is 22.3 Å². The number of carbonyl (C=O) groups excluding carboxylic acids is 2. The number of likely N-dealkylation sites (N-methyl/N-ethyl adjacent to an activating group) is 1. The fourth-order valence-corrected chi connectivity index (χ4v) is 4.18. The minimum atomic E-state index is -4.61. The molecule has 1 aromatic heterocycles. The van der Waals surface area contributed by atoms with Crippen molar-refractivity contribution >= 4 is 17.7 Å². The van der Waals surface area contributed by atoms with Crippen LogP contribution in [0.4, 0.5) is 23.7 Å². The van der Waals surface area contributed by atoms with Gasteiger partial charge in [0.1, 0.15) is 6.61 Å². The Morgan fingerprint density at radius 1 is 1.16 bits per heavy atom. The highest BCUT2D eigenvalue weighted by Crippen LogP contribution is 2.40. The fraction of sp³-hybridized carbons (Fsp3) is 0.231. The number of esters is 1. The number of aromatic nitrogens is 2. The molecule has 2 aromatic carbocycles. The number of halogens is 3. The summed E-state index contributed by atoms with van der Waals surface area (Å²) < 4.78 is 47.2. The molecule has 3 aromatic rings. The summed E-state index contributed by atoms with van der Waals surface area (Å²) in [6.07, 6.45) is -1.32. The maximum absolute atomic E-state index is 13.5. The molecule has 0 spiro atoms. The summed E-state index contributed by atoms with van der Waals surface area (Å²) >= 11 is 0. The Balaban J connectivity index is 1.77. The van der Waals surface area contributed by atoms with Gasteiger partial charge < -0.3 is 9.64 Å². The van der Waals surface area contributed by atoms with Crippen molar-refractivity contribution in [1.82, 2.24) is 14.7 Å². The van der Waals surface area contributed by atoms with Gasteiger partial charge in [-0.25, -0.2) is 9.59 Å². The second-order valence-corrected chi connectivity index (χ2v) is 8.32. The van der Waals surface area contributed by atoms with Gasteiger partial charge >= 0.3 is 18.2 Å². The summed E-state index contributed by atoms with van der Waals surface area (Å²) in [6, 6.07) is 12.9. The Morgan fingerprint density at radius 2 is 1.89 bits per heavy atom. The molecule has 0 N–H and O–H groups in total. The lowest BCUT2D eigenvalue weighted by Crippen LogP contribution is -2.49. The Labute approximate surface area is 210 Å². The van der Waals surface area contributed by atoms with Gasteiger partial charge in [0, 0.05) is 25.1 Å². The van der Waals surface area contributed by atoms with E-state index in [9.17, 15) is 22.8 Å². The molecule has 1 aliphatic rings. The zero-order chi connectivity index (χ0) is 26.7. The van der Waals surface area contributed by atoms with Crippen LogP contribution < -0.4 is 4.90 Å². The predicted molar refractivity (Wildman–Crippen MR) is 127 cm³/mol. The van der Waals surface area contributed by atoms with Gasteiger partial charge in [0.2, 0.25) is 0 Å². The van der Waals surface area contributed by atoms with Crippen molar-refractivity contribution in [3.63, 3.8) is 0 Å². The number of anilines is 1. The highest BCUT2D eigenvalue weighted by atomic mass is 19.4. The van der Waals surface area contributed by atoms with Crippen LogP contribution in [0.1, 0.15) is 29.7 Å². The van der Waals surface area contributed by atoms with Crippen molar-refractivity contribution in [2.75, 3.05) is 18.6 Å². The van der Waals surface area contributed by atoms with E-state index in [1.165, 1.54) is 31.0 Å². The monoisotopic (exact) mass is 509 g/mol. The first-order valence-electron chi connectivity index (χ1n) is 11.2. The number of nitriles is 1. The molecule has 0 fully saturated rings. The van der Waals surface area contributed by atoms with Crippen molar-refractivity contribution in [1.29, 1.82) is 5.26 Å². The fourth-order valence-electron chi connectivity index (χ4n) is 4.18. The van der Waals surface area contributed by atoms with E-state index in [4.69, 9.17) is 10.00 Å². The smallest absolute Gasteiger partial charge is 0.416 e. The topological polar surface area (TPSA) is 91.5 Å². The van der Waals surface area contributed by atoms with Crippen LogP contribution in [-0.4, -0.2) is 40.3 Å². The molecule has 37 heavy (non-hydrogen) atoms. The van der Waals surface area contributed by atoms with Crippen LogP contribution in [0.25, 0.3) is 0 Å². The molecule has 2 amide bonds. The molecule has 0 radical (unpaired) electrons. The van der Waals surface area contributed by atoms with Gasteiger partial charge in [0.05, 0.1) is 41.0 Å². The normalized spacial score (nSPS) is 16.1. The van der Waals surface area contributed by atoms with Gasteiger partial charge in [-0.1, -0.05) is 18.2 Å². The zero-order valence-corrected chi connectivity index (χ0v) is 19.9. The average Bonchev–Trinajstić information content (AvgIpc) is 3.39. The minimum Gasteiger partial charge on any atom is -0.460 e. The number of alkyl halides is 3. The summed E-state index contributed by atoms with van der Waals surface area (Å²) in [7, 11) is 1.45. The summed E-state index contributed by atoms with van der Waals surface area (Å²) in [4.78, 5) is 29.2. The second-order valence-electron chi connectivity index (χ2n) is 8.32. The van der Waals surface area contributed by atoms with Crippen molar-refractivity contribution in [3.05, 3.63) is 95.0 Å². The van der Waals surface area contributed by atoms with E-state index in [0.29, 0.717) is 17.7 Å². The molecule has 8 nitrogen and oxygen atoms in total. The summed E-state index contributed by atoms with van der Waals surface area (Å²) in [5.41, 5.74) is 0.195. The molecular weight excluding hydrogens is 487 g/mol. The number of allylic oxidation sites excluding steroid dienone is 1. The van der Waals surface area contributed by atoms with Gasteiger partial charge in [-0.05, 0) is 48.9 Å². The molecule has 190 valence electrons. The number of rotatable bonds is 6. The third kappa shape index (κ3) is 5.18. The molecule has 0 aliphatic carbocycles. The van der Waals surface area contributed by atoms with E-state index >= 15 is 0 Å². The summed E-state index contributed by atoms with van der Waals surface area (Å²) in [6.45, 7) is 1.77. The Hall–Kier alpha value is -4.59. The van der Waals surface area contributed by atoms with Crippen molar-refractivity contribution in [2.45, 2.75) is 25.7 Å². The van der Waals surface area contributed by atoms with Crippen LogP contribution in [0.5, 0.6) is 0 Å². The van der Waals surface area contributed by atoms with Crippen LogP contribution in [0, 0.1) is 11.3 Å². The predicted octanol–water partition coefficient (Wildman–Crippen LogP) is 4.90. The second kappa shape index (κ2) is 10.2. The van der Waals surface area contributed by atoms with E-state index in [-0.39, 0.29) is 23.6 Å². The standard InChI is InChI=1S/C26H22F3N5O3/c1-17-22(24(35)37-14-13-33-12-4-11-31-33)23(19-9-7-18(16-30)8-10-19)32(2)25(36)34(17)21-6-3-5-20(15-21)26(27,28)29/h3-12,15,23H,13-14H2,1-2H3. The Morgan fingerprint density at radius 3 is 2.51 bits per heavy atom. The number of urea groups is 1. The molecule has 1 atom stereocenters. The number of nitrogens with zero attached hydrogens (tertiary/aromatic N) is 5. The van der Waals surface area contributed by atoms with E-state index in [1.54, 1.807) is 47.4 Å². The van der Waals surface area contributed by atoms with Crippen LogP contribution in [0.15, 0.2) is 78.3 Å². The molecular formula is C26H22F3N5O3. The molecule has 0 bridgehead atoms. The maximum Gasteiger partial charge on any atom is 0.416 e. The molecule has 4 rings (SSSR count). The zero-order valence-electron chi connectivity index (χ0n) is 19.9. The van der Waals surface area contributed by atoms with Crippen molar-refractivity contribution < 1.29 is 27.5 Å². The third-order valence-corrected chi connectivity index (χ3v) is 6.00. The lowest BCUT2D eigenvalue weighted by Gasteiger charge is -2.41. The number of carbonyl (C=O) groups is 2. The van der Waals surface area contributed by atoms with Crippen molar-refractivity contribution in [3.8, 4) is 6.07 Å². The Kier molecular flexibility index (Phi) is 7.02. The minimum absolute atomic E-state index is 0.0153. The van der Waals surface area contributed by atoms with E-state index in [1.807, 2.05) is 6.07 Å². The van der Waals surface area contributed by atoms with Gasteiger partial charge in [-0.2, -0.15) is 23.5 Å². The van der Waals surface area contributed by atoms with Gasteiger partial charge in [0.25, 0.3) is 0 Å². The largest absolute Gasteiger partial charge is 0.460 e. The van der Waals surface area contributed by atoms with E-state index in [2.05, 4.69) is 5.10 Å². The van der Waals surface area contributed by atoms with Crippen LogP contribution in [0.3, 0.4) is 0 Å².